The van der Waals surface area contributed by atoms with E-state index in [4.69, 9.17) is 34.4 Å². The number of methoxy groups -OCH3 is 3. The van der Waals surface area contributed by atoms with E-state index in [-0.39, 0.29) is 23.9 Å². The Labute approximate surface area is 320 Å². The minimum absolute atomic E-state index is 0.163. The quantitative estimate of drug-likeness (QED) is 0.0820. The number of carbonyl (C=O) groups is 2. The number of benzene rings is 3. The molecule has 4 aliphatic heterocycles. The second-order valence-corrected chi connectivity index (χ2v) is 13.4. The number of nitrogens with two attached hydrogens (primary N) is 1. The number of carbonyl (C=O) groups excluding carboxylic acids is 2. The molecule has 0 spiro atoms. The smallest absolute Gasteiger partial charge is 0.260 e. The van der Waals surface area contributed by atoms with E-state index in [0.29, 0.717) is 83.7 Å². The van der Waals surface area contributed by atoms with Crippen molar-refractivity contribution in [3.63, 3.8) is 0 Å². The molecule has 4 heterocycles. The van der Waals surface area contributed by atoms with Gasteiger partial charge in [-0.25, -0.2) is 0 Å². The zero-order valence-electron chi connectivity index (χ0n) is 31.3. The summed E-state index contributed by atoms with van der Waals surface area (Å²) in [6.07, 6.45) is 14.7. The Hall–Kier alpha value is -6.56. The molecule has 0 aliphatic carbocycles. The van der Waals surface area contributed by atoms with Crippen LogP contribution >= 0.6 is 0 Å². The molecule has 2 atom stereocenters. The molecule has 3 aromatic carbocycles. The fraction of sp³-hybridized carbons (Fsp3) is 0.256. The summed E-state index contributed by atoms with van der Waals surface area (Å²) in [6.45, 7) is 6.42. The van der Waals surface area contributed by atoms with Crippen molar-refractivity contribution in [2.75, 3.05) is 40.3 Å². The Balaban J connectivity index is 0.992. The average Bonchev–Trinajstić information content (AvgIpc) is 3.78. The van der Waals surface area contributed by atoms with Crippen LogP contribution in [0.1, 0.15) is 52.5 Å². The second kappa shape index (κ2) is 15.8. The molecule has 3 aromatic rings. The van der Waals surface area contributed by atoms with Crippen molar-refractivity contribution in [3.05, 3.63) is 119 Å². The fourth-order valence-electron chi connectivity index (χ4n) is 6.84. The van der Waals surface area contributed by atoms with Crippen LogP contribution in [0.4, 0.5) is 17.1 Å². The van der Waals surface area contributed by atoms with Crippen molar-refractivity contribution in [1.29, 1.82) is 0 Å². The van der Waals surface area contributed by atoms with Gasteiger partial charge in [0.1, 0.15) is 0 Å². The number of anilines is 1. The number of hydrogen-bond donors (Lipinski definition) is 1. The number of aliphatic imine (C=N–C) groups is 2. The Morgan fingerprint density at radius 1 is 0.800 bits per heavy atom. The van der Waals surface area contributed by atoms with Crippen molar-refractivity contribution < 1.29 is 33.3 Å². The van der Waals surface area contributed by atoms with E-state index in [1.54, 1.807) is 59.7 Å². The first-order valence-electron chi connectivity index (χ1n) is 18.0. The number of rotatable bonds is 13. The molecule has 12 nitrogen and oxygen atoms in total. The number of amides is 2. The van der Waals surface area contributed by atoms with Gasteiger partial charge in [0.15, 0.2) is 23.0 Å². The van der Waals surface area contributed by atoms with Crippen molar-refractivity contribution in [3.8, 4) is 23.0 Å². The molecule has 0 radical (unpaired) electrons. The van der Waals surface area contributed by atoms with Gasteiger partial charge in [0.25, 0.3) is 11.8 Å². The zero-order valence-corrected chi connectivity index (χ0v) is 31.3. The Kier molecular flexibility index (Phi) is 10.6. The highest BCUT2D eigenvalue weighted by Crippen LogP contribution is 2.41. The molecule has 0 aromatic heterocycles. The Morgan fingerprint density at radius 2 is 1.36 bits per heavy atom. The molecular formula is C43H43N5O7. The van der Waals surface area contributed by atoms with Crippen LogP contribution in [0.25, 0.3) is 5.57 Å². The minimum atomic E-state index is -0.241. The number of hydrogen-bond acceptors (Lipinski definition) is 10. The molecule has 282 valence electrons. The Morgan fingerprint density at radius 3 is 1.91 bits per heavy atom. The summed E-state index contributed by atoms with van der Waals surface area (Å²) in [7, 11) is 4.69. The first-order chi connectivity index (χ1) is 26.7. The number of ether oxygens (including phenoxy) is 5. The average molecular weight is 742 g/mol. The minimum Gasteiger partial charge on any atom is -0.501 e. The van der Waals surface area contributed by atoms with Gasteiger partial charge in [-0.3, -0.25) is 19.6 Å². The van der Waals surface area contributed by atoms with E-state index in [1.165, 1.54) is 14.2 Å². The maximum absolute atomic E-state index is 13.8. The maximum atomic E-state index is 13.8. The van der Waals surface area contributed by atoms with E-state index >= 15 is 0 Å². The van der Waals surface area contributed by atoms with Gasteiger partial charge >= 0.3 is 0 Å². The molecule has 0 fully saturated rings. The lowest BCUT2D eigenvalue weighted by molar-refractivity contribution is 0.0809. The van der Waals surface area contributed by atoms with Crippen LogP contribution in [-0.2, 0) is 4.74 Å². The van der Waals surface area contributed by atoms with Crippen LogP contribution in [-0.4, -0.2) is 80.7 Å². The third kappa shape index (κ3) is 7.48. The summed E-state index contributed by atoms with van der Waals surface area (Å²) in [5, 5.41) is 0. The van der Waals surface area contributed by atoms with Gasteiger partial charge in [-0.2, -0.15) is 0 Å². The summed E-state index contributed by atoms with van der Waals surface area (Å²) in [6, 6.07) is 14.0. The van der Waals surface area contributed by atoms with Crippen LogP contribution in [0.5, 0.6) is 23.0 Å². The largest absolute Gasteiger partial charge is 0.501 e. The highest BCUT2D eigenvalue weighted by atomic mass is 16.5. The molecule has 0 saturated heterocycles. The maximum Gasteiger partial charge on any atom is 0.260 e. The monoisotopic (exact) mass is 741 g/mol. The predicted molar refractivity (Wildman–Crippen MR) is 213 cm³/mol. The molecule has 0 bridgehead atoms. The number of allylic oxidation sites excluding steroid dienone is 5. The van der Waals surface area contributed by atoms with E-state index in [1.807, 2.05) is 55.7 Å². The van der Waals surface area contributed by atoms with Gasteiger partial charge in [0, 0.05) is 61.9 Å². The van der Waals surface area contributed by atoms with Crippen molar-refractivity contribution in [2.45, 2.75) is 38.3 Å². The Bertz CT molecular complexity index is 2220. The van der Waals surface area contributed by atoms with E-state index in [9.17, 15) is 9.59 Å². The van der Waals surface area contributed by atoms with Crippen LogP contribution in [0.2, 0.25) is 0 Å². The lowest BCUT2D eigenvalue weighted by Crippen LogP contribution is -2.32. The molecule has 2 amide bonds. The van der Waals surface area contributed by atoms with Crippen LogP contribution in [0.15, 0.2) is 113 Å². The van der Waals surface area contributed by atoms with E-state index < -0.39 is 0 Å². The van der Waals surface area contributed by atoms with Gasteiger partial charge < -0.3 is 39.2 Å². The first kappa shape index (κ1) is 36.8. The normalized spacial score (nSPS) is 18.7. The molecule has 55 heavy (non-hydrogen) atoms. The molecule has 7 rings (SSSR count). The highest BCUT2D eigenvalue weighted by Gasteiger charge is 2.35. The van der Waals surface area contributed by atoms with Gasteiger partial charge in [-0.15, -0.1) is 0 Å². The van der Waals surface area contributed by atoms with Crippen LogP contribution in [0.3, 0.4) is 0 Å². The lowest BCUT2D eigenvalue weighted by Gasteiger charge is -2.19. The van der Waals surface area contributed by atoms with Gasteiger partial charge in [-0.05, 0) is 59.5 Å². The van der Waals surface area contributed by atoms with Crippen LogP contribution in [0, 0.1) is 0 Å². The van der Waals surface area contributed by atoms with Gasteiger partial charge in [0.2, 0.25) is 0 Å². The molecule has 2 N–H and O–H groups in total. The summed E-state index contributed by atoms with van der Waals surface area (Å²) in [5.74, 6) is 2.20. The van der Waals surface area contributed by atoms with Crippen molar-refractivity contribution >= 4 is 46.9 Å². The highest BCUT2D eigenvalue weighted by molar-refractivity contribution is 6.06. The topological polar surface area (TPSA) is 138 Å². The summed E-state index contributed by atoms with van der Waals surface area (Å²) in [4.78, 5) is 40.3. The lowest BCUT2D eigenvalue weighted by atomic mass is 10.0. The fourth-order valence-corrected chi connectivity index (χ4v) is 6.84. The van der Waals surface area contributed by atoms with E-state index in [2.05, 4.69) is 11.6 Å². The third-order valence-electron chi connectivity index (χ3n) is 9.92. The van der Waals surface area contributed by atoms with Gasteiger partial charge in [-0.1, -0.05) is 30.9 Å². The number of fused-ring (bicyclic) bond motifs is 4. The van der Waals surface area contributed by atoms with Crippen LogP contribution < -0.4 is 24.7 Å². The first-order valence-corrected chi connectivity index (χ1v) is 18.0. The van der Waals surface area contributed by atoms with E-state index in [0.717, 1.165) is 28.0 Å². The molecule has 12 heteroatoms. The van der Waals surface area contributed by atoms with Crippen molar-refractivity contribution in [2.24, 2.45) is 9.98 Å². The summed E-state index contributed by atoms with van der Waals surface area (Å²) < 4.78 is 28.7. The third-order valence-corrected chi connectivity index (χ3v) is 9.92. The number of nitrogens with zero attached hydrogens (tertiary/aromatic N) is 4. The van der Waals surface area contributed by atoms with Gasteiger partial charge in [0.05, 0.1) is 74.9 Å². The molecule has 0 unspecified atom stereocenters. The summed E-state index contributed by atoms with van der Waals surface area (Å²) >= 11 is 0. The van der Waals surface area contributed by atoms with Crippen molar-refractivity contribution in [1.82, 2.24) is 9.80 Å². The standard InChI is InChI=1S/C43H43N5O7/c1-6-27(9-8-26(2)51-3)29-16-32-22-45-36-20-40(38(52-4)18-34(36)42(49)47(32)24-29)54-14-7-15-55-41-21-37-35(19-39(41)53-5)43(50)48-25-30(17-33(48)23-46-37)28-10-12-31(44)13-11-28/h6,8-13,18-25,32-33H,1,7,14-17,44H2,2-5H3/b26-8+,27-9+/t32-,33-/m0/s1. The molecular weight excluding hydrogens is 699 g/mol. The number of nitrogen functional groups attached to an aromatic ring is 1. The zero-order chi connectivity index (χ0) is 38.6. The SMILES string of the molecule is C=C/C(=C\C=C(/C)OC)C1=CN2C(=O)c3cc(OC)c(OCCCOc4cc5c(cc4OC)C(=O)N4C=C(c6ccc(N)cc6)C[C@H]4C=N5)cc3N=C[C@@H]2C1. The second-order valence-electron chi connectivity index (χ2n) is 13.4. The predicted octanol–water partition coefficient (Wildman–Crippen LogP) is 7.58. The summed E-state index contributed by atoms with van der Waals surface area (Å²) in [5.41, 5.74) is 12.3. The molecule has 4 aliphatic rings. The molecule has 0 saturated carbocycles.